The van der Waals surface area contributed by atoms with E-state index in [4.69, 9.17) is 4.74 Å². The van der Waals surface area contributed by atoms with E-state index in [1.807, 2.05) is 12.1 Å². The number of hydrogen-bond acceptors (Lipinski definition) is 4. The van der Waals surface area contributed by atoms with Crippen LogP contribution in [-0.2, 0) is 27.1 Å². The van der Waals surface area contributed by atoms with E-state index in [0.717, 1.165) is 122 Å². The van der Waals surface area contributed by atoms with Gasteiger partial charge in [-0.3, -0.25) is 4.79 Å². The summed E-state index contributed by atoms with van der Waals surface area (Å²) in [5, 5.41) is 10.4. The second kappa shape index (κ2) is 26.8. The first-order valence-electron chi connectivity index (χ1n) is 23.8. The molecule has 0 aromatic heterocycles. The van der Waals surface area contributed by atoms with Crippen molar-refractivity contribution in [3.8, 4) is 5.75 Å². The van der Waals surface area contributed by atoms with Crippen LogP contribution in [0.2, 0.25) is 0 Å². The van der Waals surface area contributed by atoms with Crippen molar-refractivity contribution < 1.29 is 41.1 Å². The van der Waals surface area contributed by atoms with Crippen molar-refractivity contribution in [3.05, 3.63) is 90.1 Å². The molecule has 10 heteroatoms. The van der Waals surface area contributed by atoms with E-state index < -0.39 is 36.1 Å². The molecule has 3 aliphatic carbocycles. The second-order valence-corrected chi connectivity index (χ2v) is 20.0. The maximum atomic E-state index is 13.2. The fourth-order valence-electron chi connectivity index (χ4n) is 10.4. The monoisotopic (exact) mass is 891 g/mol. The van der Waals surface area contributed by atoms with Crippen LogP contribution in [0.1, 0.15) is 172 Å². The molecule has 0 aliphatic heterocycles. The van der Waals surface area contributed by atoms with Crippen molar-refractivity contribution in [1.82, 2.24) is 0 Å². The number of benzene rings is 1. The second-order valence-electron chi connectivity index (χ2n) is 18.3. The molecule has 4 rings (SSSR count). The lowest BCUT2D eigenvalue weighted by atomic mass is 9.52. The molecule has 0 amide bonds. The van der Waals surface area contributed by atoms with Gasteiger partial charge in [-0.25, -0.2) is 0 Å². The van der Waals surface area contributed by atoms with Crippen LogP contribution in [0, 0.1) is 23.2 Å². The first-order chi connectivity index (χ1) is 29.8. The minimum absolute atomic E-state index is 0.0364. The number of fused-ring (bicyclic) bond motifs is 5. The van der Waals surface area contributed by atoms with Crippen LogP contribution >= 0.6 is 0 Å². The highest BCUT2D eigenvalue weighted by Gasteiger charge is 2.58. The fraction of sp³-hybridized carbons (Fsp3) is 0.673. The van der Waals surface area contributed by atoms with Crippen LogP contribution in [0.15, 0.2) is 79.0 Å². The molecule has 62 heavy (non-hydrogen) atoms. The molecule has 2 saturated carbocycles. The number of unbranched alkanes of at least 4 members (excludes halogenated alkanes) is 7. The van der Waals surface area contributed by atoms with Crippen LogP contribution < -0.4 is 0 Å². The Balaban J connectivity index is 1.15. The molecule has 7 atom stereocenters. The minimum Gasteiger partial charge on any atom is -0.616 e. The summed E-state index contributed by atoms with van der Waals surface area (Å²) in [7, 11) is 0. The van der Waals surface area contributed by atoms with E-state index in [9.17, 15) is 36.4 Å². The van der Waals surface area contributed by atoms with E-state index >= 15 is 0 Å². The lowest BCUT2D eigenvalue weighted by Crippen LogP contribution is -2.48. The Labute approximate surface area is 373 Å². The summed E-state index contributed by atoms with van der Waals surface area (Å²) in [5.41, 5.74) is 2.63. The van der Waals surface area contributed by atoms with Crippen LogP contribution in [0.3, 0.4) is 0 Å². The maximum Gasteiger partial charge on any atom is 0.453 e. The van der Waals surface area contributed by atoms with Gasteiger partial charge in [-0.05, 0) is 150 Å². The number of carbonyl (C=O) groups is 1. The summed E-state index contributed by atoms with van der Waals surface area (Å²) < 4.78 is 81.7. The number of hydrogen-bond donors (Lipinski definition) is 1. The molecule has 1 N–H and O–H groups in total. The molecule has 0 saturated heterocycles. The van der Waals surface area contributed by atoms with Crippen LogP contribution in [-0.4, -0.2) is 45.3 Å². The SMILES string of the molecule is CC/C=C/C/C=C/C/C=C/C/C=C/C/C=C/CCCC(=O)OC1CCC2C3C(CCCCCCCCC[S+]([O-])CCCC(F)(F)C(F)(F)F)Cc4cc(O)ccc4C3CCC12C. The standard InChI is InChI=1S/C52H75F5O4S/c1-3-4-5-6-7-8-9-10-11-12-13-14-15-16-19-22-25-29-48(59)61-47-33-32-46-49-41(39-42-40-43(58)30-31-44(42)45(49)34-36-50(46,47)2)28-24-21-18-17-20-23-26-37-62(60)38-27-35-51(53,54)52(55,56)57/h4-5,7-8,10-11,13-14,16,19,30-31,40-41,45-47,49,58H,3,6,9,12,15,17-18,20-29,32-39H2,1-2H3/b5-4+,8-7+,11-10+,14-13+,19-16+. The van der Waals surface area contributed by atoms with Crippen LogP contribution in [0.25, 0.3) is 0 Å². The Kier molecular flexibility index (Phi) is 22.4. The molecule has 0 radical (unpaired) electrons. The van der Waals surface area contributed by atoms with Gasteiger partial charge in [-0.1, -0.05) is 124 Å². The molecule has 348 valence electrons. The number of phenolic OH excluding ortho intramolecular Hbond substituents is 1. The third-order valence-corrected chi connectivity index (χ3v) is 15.2. The quantitative estimate of drug-likeness (QED) is 0.0299. The number of allylic oxidation sites excluding steroid dienone is 10. The van der Waals surface area contributed by atoms with Gasteiger partial charge in [0.05, 0.1) is 0 Å². The summed E-state index contributed by atoms with van der Waals surface area (Å²) >= 11 is -1.38. The number of alkyl halides is 5. The number of rotatable bonds is 28. The normalized spacial score (nSPS) is 24.7. The average molecular weight is 891 g/mol. The topological polar surface area (TPSA) is 69.6 Å². The third-order valence-electron chi connectivity index (χ3n) is 13.7. The third kappa shape index (κ3) is 16.6. The number of aromatic hydroxyl groups is 1. The van der Waals surface area contributed by atoms with Crippen molar-refractivity contribution in [2.45, 2.75) is 186 Å². The van der Waals surface area contributed by atoms with Gasteiger partial charge in [0.1, 0.15) is 23.4 Å². The molecule has 3 aliphatic rings. The van der Waals surface area contributed by atoms with Gasteiger partial charge in [-0.15, -0.1) is 0 Å². The molecule has 1 aromatic rings. The van der Waals surface area contributed by atoms with Crippen molar-refractivity contribution in [2.24, 2.45) is 23.2 Å². The molecule has 0 bridgehead atoms. The van der Waals surface area contributed by atoms with Crippen molar-refractivity contribution >= 4 is 17.1 Å². The fourth-order valence-corrected chi connectivity index (χ4v) is 11.6. The summed E-state index contributed by atoms with van der Waals surface area (Å²) in [6.07, 6.45) is 34.6. The van der Waals surface area contributed by atoms with E-state index in [2.05, 4.69) is 80.7 Å². The molecule has 4 nitrogen and oxygen atoms in total. The molecule has 0 heterocycles. The van der Waals surface area contributed by atoms with E-state index in [1.165, 1.54) is 11.1 Å². The van der Waals surface area contributed by atoms with Gasteiger partial charge < -0.3 is 14.4 Å². The Morgan fingerprint density at radius 3 is 2.05 bits per heavy atom. The van der Waals surface area contributed by atoms with Crippen molar-refractivity contribution in [1.29, 1.82) is 0 Å². The van der Waals surface area contributed by atoms with Gasteiger partial charge in [0.25, 0.3) is 0 Å². The Morgan fingerprint density at radius 2 is 1.40 bits per heavy atom. The Bertz CT molecular complexity index is 1620. The zero-order valence-corrected chi connectivity index (χ0v) is 38.4. The average Bonchev–Trinajstić information content (AvgIpc) is 3.55. The highest BCUT2D eigenvalue weighted by atomic mass is 32.2. The Hall–Kier alpha value is -2.85. The first kappa shape index (κ1) is 51.8. The van der Waals surface area contributed by atoms with Gasteiger partial charge in [0.15, 0.2) is 0 Å². The van der Waals surface area contributed by atoms with E-state index in [-0.39, 0.29) is 23.2 Å². The van der Waals surface area contributed by atoms with E-state index in [1.54, 1.807) is 0 Å². The Morgan fingerprint density at radius 1 is 0.806 bits per heavy atom. The van der Waals surface area contributed by atoms with Crippen molar-refractivity contribution in [2.75, 3.05) is 11.5 Å². The molecular formula is C52H75F5O4S. The van der Waals surface area contributed by atoms with Gasteiger partial charge in [-0.2, -0.15) is 22.0 Å². The van der Waals surface area contributed by atoms with Gasteiger partial charge in [0.2, 0.25) is 0 Å². The summed E-state index contributed by atoms with van der Waals surface area (Å²) in [6.45, 7) is 4.52. The lowest BCUT2D eigenvalue weighted by molar-refractivity contribution is -0.284. The number of halogens is 5. The molecule has 1 aromatic carbocycles. The zero-order chi connectivity index (χ0) is 44.9. The van der Waals surface area contributed by atoms with Gasteiger partial charge in [0, 0.05) is 18.3 Å². The largest absolute Gasteiger partial charge is 0.616 e. The lowest BCUT2D eigenvalue weighted by Gasteiger charge is -2.53. The summed E-state index contributed by atoms with van der Waals surface area (Å²) in [5.74, 6) is -2.31. The zero-order valence-electron chi connectivity index (χ0n) is 37.5. The number of esters is 1. The van der Waals surface area contributed by atoms with Gasteiger partial charge >= 0.3 is 18.1 Å². The maximum absolute atomic E-state index is 13.2. The highest BCUT2D eigenvalue weighted by molar-refractivity contribution is 7.91. The summed E-state index contributed by atoms with van der Waals surface area (Å²) in [4.78, 5) is 13.2. The minimum atomic E-state index is -5.56. The molecule has 2 fully saturated rings. The van der Waals surface area contributed by atoms with Crippen molar-refractivity contribution in [3.63, 3.8) is 0 Å². The number of phenols is 1. The van der Waals surface area contributed by atoms with E-state index in [0.29, 0.717) is 48.0 Å². The predicted molar refractivity (Wildman–Crippen MR) is 245 cm³/mol. The smallest absolute Gasteiger partial charge is 0.453 e. The van der Waals surface area contributed by atoms with Crippen LogP contribution in [0.4, 0.5) is 22.0 Å². The highest BCUT2D eigenvalue weighted by Crippen LogP contribution is 2.63. The number of carbonyl (C=O) groups excluding carboxylic acids is 1. The first-order valence-corrected chi connectivity index (χ1v) is 25.3. The molecular weight excluding hydrogens is 816 g/mol. The summed E-state index contributed by atoms with van der Waals surface area (Å²) in [6, 6.07) is 5.95. The molecule has 0 spiro atoms. The van der Waals surface area contributed by atoms with Crippen LogP contribution in [0.5, 0.6) is 5.75 Å². The number of ether oxygens (including phenoxy) is 1. The predicted octanol–water partition coefficient (Wildman–Crippen LogP) is 15.2. The molecule has 7 unspecified atom stereocenters.